The summed E-state index contributed by atoms with van der Waals surface area (Å²) in [5.74, 6) is 0.517. The molecule has 2 nitrogen and oxygen atoms in total. The van der Waals surface area contributed by atoms with Crippen LogP contribution in [0.15, 0.2) is 41.0 Å². The van der Waals surface area contributed by atoms with Crippen molar-refractivity contribution in [2.75, 3.05) is 6.54 Å². The third-order valence-corrected chi connectivity index (χ3v) is 3.15. The highest BCUT2D eigenvalue weighted by molar-refractivity contribution is 5.38. The second-order valence-corrected chi connectivity index (χ2v) is 4.54. The standard InChI is InChI=1S/C15H16F3NO/c1-3-19-13(14-10(2)8-9-20-14)11-6-4-5-7-12(11)15(16,17)18/h4-9,13,19H,3H2,1-2H3. The van der Waals surface area contributed by atoms with E-state index in [-0.39, 0.29) is 5.56 Å². The molecule has 0 amide bonds. The lowest BCUT2D eigenvalue weighted by atomic mass is 9.96. The van der Waals surface area contributed by atoms with E-state index in [1.54, 1.807) is 12.1 Å². The summed E-state index contributed by atoms with van der Waals surface area (Å²) in [5, 5.41) is 3.06. The topological polar surface area (TPSA) is 25.2 Å². The average molecular weight is 283 g/mol. The highest BCUT2D eigenvalue weighted by Crippen LogP contribution is 2.37. The van der Waals surface area contributed by atoms with Gasteiger partial charge in [0.15, 0.2) is 0 Å². The van der Waals surface area contributed by atoms with Crippen molar-refractivity contribution in [2.24, 2.45) is 0 Å². The maximum Gasteiger partial charge on any atom is 0.416 e. The second-order valence-electron chi connectivity index (χ2n) is 4.54. The van der Waals surface area contributed by atoms with Crippen LogP contribution < -0.4 is 5.32 Å². The lowest BCUT2D eigenvalue weighted by Gasteiger charge is -2.21. The van der Waals surface area contributed by atoms with Crippen molar-refractivity contribution in [3.63, 3.8) is 0 Å². The Morgan fingerprint density at radius 1 is 1.20 bits per heavy atom. The molecule has 2 rings (SSSR count). The van der Waals surface area contributed by atoms with Gasteiger partial charge in [-0.15, -0.1) is 0 Å². The summed E-state index contributed by atoms with van der Waals surface area (Å²) in [6.07, 6.45) is -2.89. The van der Waals surface area contributed by atoms with E-state index in [2.05, 4.69) is 5.32 Å². The number of benzene rings is 1. The van der Waals surface area contributed by atoms with Crippen molar-refractivity contribution in [1.82, 2.24) is 5.32 Å². The van der Waals surface area contributed by atoms with E-state index in [9.17, 15) is 13.2 Å². The molecule has 1 N–H and O–H groups in total. The quantitative estimate of drug-likeness (QED) is 0.904. The number of rotatable bonds is 4. The smallest absolute Gasteiger partial charge is 0.416 e. The molecule has 5 heteroatoms. The zero-order chi connectivity index (χ0) is 14.8. The maximum atomic E-state index is 13.1. The number of hydrogen-bond donors (Lipinski definition) is 1. The van der Waals surface area contributed by atoms with Gasteiger partial charge >= 0.3 is 6.18 Å². The summed E-state index contributed by atoms with van der Waals surface area (Å²) in [7, 11) is 0. The molecule has 0 spiro atoms. The van der Waals surface area contributed by atoms with Crippen LogP contribution in [0.2, 0.25) is 0 Å². The number of nitrogens with one attached hydrogen (secondary N) is 1. The van der Waals surface area contributed by atoms with Crippen LogP contribution in [0.3, 0.4) is 0 Å². The normalized spacial score (nSPS) is 13.4. The minimum absolute atomic E-state index is 0.180. The molecular formula is C15H16F3NO. The molecule has 0 radical (unpaired) electrons. The lowest BCUT2D eigenvalue weighted by Crippen LogP contribution is -2.25. The van der Waals surface area contributed by atoms with E-state index < -0.39 is 17.8 Å². The Bertz CT molecular complexity index is 574. The summed E-state index contributed by atoms with van der Waals surface area (Å²) in [6, 6.07) is 6.72. The molecule has 2 aromatic rings. The molecule has 0 aliphatic carbocycles. The van der Waals surface area contributed by atoms with Crippen LogP contribution in [0.4, 0.5) is 13.2 Å². The molecule has 1 unspecified atom stereocenters. The SMILES string of the molecule is CCNC(c1ccccc1C(F)(F)F)c1occc1C. The Labute approximate surface area is 115 Å². The predicted molar refractivity (Wildman–Crippen MR) is 70.4 cm³/mol. The van der Waals surface area contributed by atoms with E-state index in [1.807, 2.05) is 13.8 Å². The van der Waals surface area contributed by atoms with Gasteiger partial charge in [0, 0.05) is 0 Å². The number of hydrogen-bond acceptors (Lipinski definition) is 2. The summed E-state index contributed by atoms with van der Waals surface area (Å²) < 4.78 is 44.8. The molecule has 0 saturated heterocycles. The highest BCUT2D eigenvalue weighted by atomic mass is 19.4. The van der Waals surface area contributed by atoms with Gasteiger partial charge in [0.25, 0.3) is 0 Å². The van der Waals surface area contributed by atoms with Crippen LogP contribution in [-0.4, -0.2) is 6.54 Å². The van der Waals surface area contributed by atoms with Gasteiger partial charge in [-0.2, -0.15) is 13.2 Å². The van der Waals surface area contributed by atoms with Crippen molar-refractivity contribution in [1.29, 1.82) is 0 Å². The van der Waals surface area contributed by atoms with Gasteiger partial charge in [0.1, 0.15) is 5.76 Å². The predicted octanol–water partition coefficient (Wildman–Crippen LogP) is 4.31. The molecule has 0 saturated carbocycles. The number of furan rings is 1. The largest absolute Gasteiger partial charge is 0.467 e. The minimum Gasteiger partial charge on any atom is -0.467 e. The fourth-order valence-electron chi connectivity index (χ4n) is 2.24. The Morgan fingerprint density at radius 2 is 1.90 bits per heavy atom. The molecule has 0 aliphatic heterocycles. The Hall–Kier alpha value is -1.75. The van der Waals surface area contributed by atoms with Crippen LogP contribution in [0.1, 0.15) is 35.4 Å². The molecule has 1 heterocycles. The van der Waals surface area contributed by atoms with Gasteiger partial charge in [-0.1, -0.05) is 25.1 Å². The summed E-state index contributed by atoms with van der Waals surface area (Å²) >= 11 is 0. The summed E-state index contributed by atoms with van der Waals surface area (Å²) in [5.41, 5.74) is 0.370. The summed E-state index contributed by atoms with van der Waals surface area (Å²) in [4.78, 5) is 0. The molecular weight excluding hydrogens is 267 g/mol. The summed E-state index contributed by atoms with van der Waals surface area (Å²) in [6.45, 7) is 4.21. The third-order valence-electron chi connectivity index (χ3n) is 3.15. The van der Waals surface area contributed by atoms with Gasteiger partial charge in [-0.05, 0) is 36.7 Å². The van der Waals surface area contributed by atoms with Crippen molar-refractivity contribution in [2.45, 2.75) is 26.1 Å². The number of halogens is 3. The van der Waals surface area contributed by atoms with Crippen LogP contribution >= 0.6 is 0 Å². The Morgan fingerprint density at radius 3 is 2.45 bits per heavy atom. The lowest BCUT2D eigenvalue weighted by molar-refractivity contribution is -0.138. The Kier molecular flexibility index (Phi) is 4.18. The third kappa shape index (κ3) is 2.88. The minimum atomic E-state index is -4.38. The molecule has 0 aliphatic rings. The molecule has 1 aromatic carbocycles. The van der Waals surface area contributed by atoms with Crippen molar-refractivity contribution < 1.29 is 17.6 Å². The van der Waals surface area contributed by atoms with Crippen LogP contribution in [0, 0.1) is 6.92 Å². The van der Waals surface area contributed by atoms with E-state index in [0.717, 1.165) is 11.6 Å². The zero-order valence-corrected chi connectivity index (χ0v) is 11.3. The molecule has 108 valence electrons. The first-order chi connectivity index (χ1) is 9.45. The van der Waals surface area contributed by atoms with Gasteiger partial charge < -0.3 is 9.73 Å². The van der Waals surface area contributed by atoms with E-state index in [1.165, 1.54) is 18.4 Å². The van der Waals surface area contributed by atoms with Gasteiger partial charge in [0.05, 0.1) is 17.9 Å². The molecule has 1 aromatic heterocycles. The van der Waals surface area contributed by atoms with Crippen molar-refractivity contribution >= 4 is 0 Å². The molecule has 0 bridgehead atoms. The fourth-order valence-corrected chi connectivity index (χ4v) is 2.24. The monoisotopic (exact) mass is 283 g/mol. The van der Waals surface area contributed by atoms with E-state index in [4.69, 9.17) is 4.42 Å². The van der Waals surface area contributed by atoms with Crippen LogP contribution in [0.5, 0.6) is 0 Å². The van der Waals surface area contributed by atoms with Crippen molar-refractivity contribution in [3.8, 4) is 0 Å². The second kappa shape index (κ2) is 5.71. The molecule has 20 heavy (non-hydrogen) atoms. The number of alkyl halides is 3. The van der Waals surface area contributed by atoms with Crippen molar-refractivity contribution in [3.05, 3.63) is 59.0 Å². The first kappa shape index (κ1) is 14.7. The van der Waals surface area contributed by atoms with Gasteiger partial charge in [-0.3, -0.25) is 0 Å². The zero-order valence-electron chi connectivity index (χ0n) is 11.3. The number of aryl methyl sites for hydroxylation is 1. The first-order valence-electron chi connectivity index (χ1n) is 6.38. The van der Waals surface area contributed by atoms with Gasteiger partial charge in [0.2, 0.25) is 0 Å². The average Bonchev–Trinajstić information content (AvgIpc) is 2.81. The van der Waals surface area contributed by atoms with E-state index >= 15 is 0 Å². The highest BCUT2D eigenvalue weighted by Gasteiger charge is 2.36. The van der Waals surface area contributed by atoms with Crippen LogP contribution in [-0.2, 0) is 6.18 Å². The fraction of sp³-hybridized carbons (Fsp3) is 0.333. The molecule has 0 fully saturated rings. The van der Waals surface area contributed by atoms with Crippen LogP contribution in [0.25, 0.3) is 0 Å². The van der Waals surface area contributed by atoms with E-state index in [0.29, 0.717) is 12.3 Å². The Balaban J connectivity index is 2.54. The van der Waals surface area contributed by atoms with Gasteiger partial charge in [-0.25, -0.2) is 0 Å². The maximum absolute atomic E-state index is 13.1. The first-order valence-corrected chi connectivity index (χ1v) is 6.38. The molecule has 1 atom stereocenters.